The topological polar surface area (TPSA) is 57.6 Å². The van der Waals surface area contributed by atoms with Crippen LogP contribution in [0.15, 0.2) is 11.1 Å². The van der Waals surface area contributed by atoms with Crippen molar-refractivity contribution < 1.29 is 14.7 Å². The van der Waals surface area contributed by atoms with E-state index in [2.05, 4.69) is 0 Å². The first-order valence-electron chi connectivity index (χ1n) is 5.21. The van der Waals surface area contributed by atoms with Crippen LogP contribution < -0.4 is 0 Å². The Labute approximate surface area is 90.6 Å². The number of carbonyl (C=O) groups excluding carboxylic acids is 1. The number of nitrogens with zero attached hydrogens (tertiary/aromatic N) is 1. The zero-order valence-electron chi connectivity index (χ0n) is 9.83. The van der Waals surface area contributed by atoms with E-state index in [1.165, 1.54) is 4.90 Å². The van der Waals surface area contributed by atoms with Crippen LogP contribution in [0.3, 0.4) is 0 Å². The Balaban J connectivity index is 0.000000921. The highest BCUT2D eigenvalue weighted by molar-refractivity contribution is 6.02. The summed E-state index contributed by atoms with van der Waals surface area (Å²) in [5.41, 5.74) is 0.760. The smallest absolute Gasteiger partial charge is 0.332 e. The lowest BCUT2D eigenvalue weighted by Gasteiger charge is -2.11. The summed E-state index contributed by atoms with van der Waals surface area (Å²) in [5.74, 6) is -1.13. The molecule has 4 nitrogen and oxygen atoms in total. The fourth-order valence-electron chi connectivity index (χ4n) is 1.49. The minimum atomic E-state index is -0.956. The number of hydrogen-bond donors (Lipinski definition) is 1. The molecule has 0 radical (unpaired) electrons. The van der Waals surface area contributed by atoms with Crippen molar-refractivity contribution >= 4 is 11.9 Å². The van der Waals surface area contributed by atoms with Crippen molar-refractivity contribution in [3.8, 4) is 0 Å². The predicted molar refractivity (Wildman–Crippen MR) is 58.6 cm³/mol. The number of aliphatic carboxylic acids is 1. The van der Waals surface area contributed by atoms with E-state index in [1.54, 1.807) is 14.1 Å². The van der Waals surface area contributed by atoms with Crippen molar-refractivity contribution in [1.82, 2.24) is 4.90 Å². The molecule has 0 atom stereocenters. The number of amides is 1. The number of carboxylic acids is 1. The van der Waals surface area contributed by atoms with Gasteiger partial charge >= 0.3 is 5.97 Å². The lowest BCUT2D eigenvalue weighted by atomic mass is 10.1. The molecule has 0 aromatic rings. The van der Waals surface area contributed by atoms with E-state index in [0.717, 1.165) is 6.42 Å². The molecule has 0 aliphatic heterocycles. The van der Waals surface area contributed by atoms with Crippen molar-refractivity contribution in [2.75, 3.05) is 14.1 Å². The van der Waals surface area contributed by atoms with Gasteiger partial charge in [0.15, 0.2) is 0 Å². The number of hydrogen-bond acceptors (Lipinski definition) is 2. The summed E-state index contributed by atoms with van der Waals surface area (Å²) in [5, 5.41) is 8.79. The molecule has 1 amide bonds. The van der Waals surface area contributed by atoms with Gasteiger partial charge in [-0.25, -0.2) is 4.79 Å². The van der Waals surface area contributed by atoms with Crippen LogP contribution in [0.4, 0.5) is 0 Å². The molecule has 86 valence electrons. The maximum absolute atomic E-state index is 11.5. The second-order valence-corrected chi connectivity index (χ2v) is 3.32. The van der Waals surface area contributed by atoms with Gasteiger partial charge in [0.2, 0.25) is 5.91 Å². The fourth-order valence-corrected chi connectivity index (χ4v) is 1.49. The molecule has 0 bridgehead atoms. The minimum absolute atomic E-state index is 0.171. The monoisotopic (exact) mass is 213 g/mol. The van der Waals surface area contributed by atoms with Gasteiger partial charge in [-0.1, -0.05) is 13.8 Å². The van der Waals surface area contributed by atoms with Gasteiger partial charge in [0, 0.05) is 25.2 Å². The van der Waals surface area contributed by atoms with Gasteiger partial charge in [0.25, 0.3) is 0 Å². The summed E-state index contributed by atoms with van der Waals surface area (Å²) in [6, 6.07) is 0. The standard InChI is InChI=1S/C9H13NO3.C2H6/c1-10(2)8(11)6-4-3-5-7(6)9(12)13;1-2/h3-5H2,1-2H3,(H,12,13);1-2H3. The number of rotatable bonds is 2. The SMILES string of the molecule is CC.CN(C)C(=O)C1=C(C(=O)O)CCC1. The maximum atomic E-state index is 11.5. The molecule has 0 fully saturated rings. The van der Waals surface area contributed by atoms with Gasteiger partial charge in [-0.15, -0.1) is 0 Å². The van der Waals surface area contributed by atoms with Crippen LogP contribution in [0.1, 0.15) is 33.1 Å². The maximum Gasteiger partial charge on any atom is 0.332 e. The van der Waals surface area contributed by atoms with E-state index in [0.29, 0.717) is 24.0 Å². The highest BCUT2D eigenvalue weighted by Crippen LogP contribution is 2.27. The van der Waals surface area contributed by atoms with Crippen LogP contribution in [0, 0.1) is 0 Å². The van der Waals surface area contributed by atoms with E-state index in [1.807, 2.05) is 13.8 Å². The Morgan fingerprint density at radius 1 is 1.13 bits per heavy atom. The number of likely N-dealkylation sites (N-methyl/N-ethyl adjacent to an activating group) is 1. The van der Waals surface area contributed by atoms with E-state index in [4.69, 9.17) is 5.11 Å². The molecular weight excluding hydrogens is 194 g/mol. The molecule has 0 aromatic carbocycles. The summed E-state index contributed by atoms with van der Waals surface area (Å²) < 4.78 is 0. The third-order valence-corrected chi connectivity index (χ3v) is 2.14. The number of carboxylic acid groups (broad SMARTS) is 1. The molecule has 1 aliphatic carbocycles. The van der Waals surface area contributed by atoms with Crippen LogP contribution in [-0.4, -0.2) is 36.0 Å². The van der Waals surface area contributed by atoms with Gasteiger partial charge in [-0.2, -0.15) is 0 Å². The lowest BCUT2D eigenvalue weighted by Crippen LogP contribution is -2.24. The Bertz CT molecular complexity index is 280. The van der Waals surface area contributed by atoms with Crippen LogP contribution in [0.25, 0.3) is 0 Å². The molecule has 15 heavy (non-hydrogen) atoms. The average molecular weight is 213 g/mol. The van der Waals surface area contributed by atoms with Crippen molar-refractivity contribution in [2.24, 2.45) is 0 Å². The molecule has 0 saturated carbocycles. The number of carbonyl (C=O) groups is 2. The van der Waals surface area contributed by atoms with Crippen molar-refractivity contribution in [1.29, 1.82) is 0 Å². The molecule has 4 heteroatoms. The third-order valence-electron chi connectivity index (χ3n) is 2.14. The van der Waals surface area contributed by atoms with Crippen molar-refractivity contribution in [3.05, 3.63) is 11.1 Å². The van der Waals surface area contributed by atoms with Crippen molar-refractivity contribution in [2.45, 2.75) is 33.1 Å². The normalized spacial score (nSPS) is 14.4. The minimum Gasteiger partial charge on any atom is -0.478 e. The zero-order valence-corrected chi connectivity index (χ0v) is 9.83. The Morgan fingerprint density at radius 3 is 2.00 bits per heavy atom. The summed E-state index contributed by atoms with van der Waals surface area (Å²) >= 11 is 0. The molecule has 0 heterocycles. The van der Waals surface area contributed by atoms with E-state index < -0.39 is 5.97 Å². The largest absolute Gasteiger partial charge is 0.478 e. The van der Waals surface area contributed by atoms with E-state index >= 15 is 0 Å². The van der Waals surface area contributed by atoms with Crippen LogP contribution in [0.5, 0.6) is 0 Å². The van der Waals surface area contributed by atoms with Gasteiger partial charge in [-0.05, 0) is 19.3 Å². The van der Waals surface area contributed by atoms with Gasteiger partial charge < -0.3 is 10.0 Å². The summed E-state index contributed by atoms with van der Waals surface area (Å²) in [6.07, 6.45) is 1.89. The Kier molecular flexibility index (Phi) is 5.67. The van der Waals surface area contributed by atoms with Gasteiger partial charge in [0.1, 0.15) is 0 Å². The second kappa shape index (κ2) is 6.22. The summed E-state index contributed by atoms with van der Waals surface area (Å²) in [7, 11) is 3.26. The second-order valence-electron chi connectivity index (χ2n) is 3.32. The highest BCUT2D eigenvalue weighted by atomic mass is 16.4. The summed E-state index contributed by atoms with van der Waals surface area (Å²) in [4.78, 5) is 23.6. The quantitative estimate of drug-likeness (QED) is 0.759. The zero-order chi connectivity index (χ0) is 12.0. The molecule has 1 rings (SSSR count). The molecule has 1 N–H and O–H groups in total. The van der Waals surface area contributed by atoms with Gasteiger partial charge in [0.05, 0.1) is 0 Å². The average Bonchev–Trinajstić information content (AvgIpc) is 2.68. The molecule has 0 aromatic heterocycles. The first-order chi connectivity index (χ1) is 7.04. The molecular formula is C11H19NO3. The fraction of sp³-hybridized carbons (Fsp3) is 0.636. The van der Waals surface area contributed by atoms with E-state index in [9.17, 15) is 9.59 Å². The highest BCUT2D eigenvalue weighted by Gasteiger charge is 2.25. The van der Waals surface area contributed by atoms with Crippen LogP contribution >= 0.6 is 0 Å². The van der Waals surface area contributed by atoms with Crippen LogP contribution in [0.2, 0.25) is 0 Å². The molecule has 0 saturated heterocycles. The molecule has 0 unspecified atom stereocenters. The van der Waals surface area contributed by atoms with Crippen LogP contribution in [-0.2, 0) is 9.59 Å². The Morgan fingerprint density at radius 2 is 1.60 bits per heavy atom. The Hall–Kier alpha value is -1.32. The molecule has 1 aliphatic rings. The summed E-state index contributed by atoms with van der Waals surface area (Å²) in [6.45, 7) is 4.00. The first kappa shape index (κ1) is 13.7. The van der Waals surface area contributed by atoms with Crippen molar-refractivity contribution in [3.63, 3.8) is 0 Å². The van der Waals surface area contributed by atoms with E-state index in [-0.39, 0.29) is 5.91 Å². The molecule has 0 spiro atoms. The third kappa shape index (κ3) is 3.38. The lowest BCUT2D eigenvalue weighted by molar-refractivity contribution is -0.133. The van der Waals surface area contributed by atoms with Gasteiger partial charge in [-0.3, -0.25) is 4.79 Å². The predicted octanol–water partition coefficient (Wildman–Crippen LogP) is 1.67. The first-order valence-corrected chi connectivity index (χ1v) is 5.21.